The third-order valence-corrected chi connectivity index (χ3v) is 5.11. The van der Waals surface area contributed by atoms with E-state index in [1.54, 1.807) is 13.8 Å². The van der Waals surface area contributed by atoms with Crippen LogP contribution >= 0.6 is 0 Å². The Hall–Kier alpha value is -1.63. The van der Waals surface area contributed by atoms with Gasteiger partial charge in [-0.3, -0.25) is 0 Å². The molecule has 0 heterocycles. The lowest BCUT2D eigenvalue weighted by Crippen LogP contribution is -2.22. The standard InChI is InChI=1S/C13H18FNO4S/c1-8(2)20(17,18)5-4-19-13(16)10-6-11(14)9(3)12(15)7-10/h6-8H,4-5,15H2,1-3H3. The van der Waals surface area contributed by atoms with Crippen molar-refractivity contribution in [3.63, 3.8) is 0 Å². The van der Waals surface area contributed by atoms with Gasteiger partial charge < -0.3 is 10.5 Å². The van der Waals surface area contributed by atoms with E-state index < -0.39 is 26.9 Å². The van der Waals surface area contributed by atoms with Gasteiger partial charge in [0.15, 0.2) is 9.84 Å². The molecule has 0 radical (unpaired) electrons. The zero-order valence-corrected chi connectivity index (χ0v) is 12.5. The average molecular weight is 303 g/mol. The normalized spacial score (nSPS) is 11.7. The maximum absolute atomic E-state index is 13.4. The minimum absolute atomic E-state index is 0.0347. The predicted molar refractivity (Wildman–Crippen MR) is 74.8 cm³/mol. The highest BCUT2D eigenvalue weighted by molar-refractivity contribution is 7.91. The lowest BCUT2D eigenvalue weighted by atomic mass is 10.1. The van der Waals surface area contributed by atoms with Gasteiger partial charge in [0.1, 0.15) is 12.4 Å². The molecule has 0 fully saturated rings. The molecular formula is C13H18FNO4S. The Bertz CT molecular complexity index is 588. The SMILES string of the molecule is Cc1c(N)cc(C(=O)OCCS(=O)(=O)C(C)C)cc1F. The summed E-state index contributed by atoms with van der Waals surface area (Å²) in [6, 6.07) is 2.32. The Balaban J connectivity index is 2.69. The van der Waals surface area contributed by atoms with Crippen molar-refractivity contribution in [2.75, 3.05) is 18.1 Å². The van der Waals surface area contributed by atoms with E-state index in [9.17, 15) is 17.6 Å². The van der Waals surface area contributed by atoms with Gasteiger partial charge in [-0.25, -0.2) is 17.6 Å². The average Bonchev–Trinajstić information content (AvgIpc) is 2.34. The first-order valence-corrected chi connectivity index (χ1v) is 7.81. The number of halogens is 1. The second-order valence-corrected chi connectivity index (χ2v) is 7.40. The summed E-state index contributed by atoms with van der Waals surface area (Å²) in [5.74, 6) is -1.67. The molecule has 2 N–H and O–H groups in total. The van der Waals surface area contributed by atoms with Crippen molar-refractivity contribution >= 4 is 21.5 Å². The number of esters is 1. The quantitative estimate of drug-likeness (QED) is 0.661. The number of hydrogen-bond donors (Lipinski definition) is 1. The summed E-state index contributed by atoms with van der Waals surface area (Å²) in [6.45, 7) is 4.32. The van der Waals surface area contributed by atoms with Crippen LogP contribution in [0.3, 0.4) is 0 Å². The molecule has 0 aromatic heterocycles. The van der Waals surface area contributed by atoms with E-state index in [0.717, 1.165) is 6.07 Å². The molecule has 1 aromatic carbocycles. The fourth-order valence-electron chi connectivity index (χ4n) is 1.39. The number of nitrogen functional groups attached to an aromatic ring is 1. The Morgan fingerprint density at radius 2 is 2.00 bits per heavy atom. The summed E-state index contributed by atoms with van der Waals surface area (Å²) in [5, 5.41) is -0.534. The summed E-state index contributed by atoms with van der Waals surface area (Å²) in [5.41, 5.74) is 5.92. The number of sulfone groups is 1. The molecule has 0 spiro atoms. The van der Waals surface area contributed by atoms with Gasteiger partial charge in [-0.15, -0.1) is 0 Å². The van der Waals surface area contributed by atoms with Crippen LogP contribution in [0.15, 0.2) is 12.1 Å². The topological polar surface area (TPSA) is 86.5 Å². The highest BCUT2D eigenvalue weighted by Gasteiger charge is 2.18. The highest BCUT2D eigenvalue weighted by atomic mass is 32.2. The number of nitrogens with two attached hydrogens (primary N) is 1. The van der Waals surface area contributed by atoms with Gasteiger partial charge in [0.05, 0.1) is 16.6 Å². The maximum atomic E-state index is 13.4. The van der Waals surface area contributed by atoms with Crippen molar-refractivity contribution < 1.29 is 22.3 Å². The second kappa shape index (κ2) is 6.21. The van der Waals surface area contributed by atoms with E-state index in [-0.39, 0.29) is 29.2 Å². The minimum atomic E-state index is -3.28. The van der Waals surface area contributed by atoms with E-state index >= 15 is 0 Å². The number of anilines is 1. The summed E-state index contributed by atoms with van der Waals surface area (Å²) in [7, 11) is -3.28. The zero-order chi connectivity index (χ0) is 15.5. The smallest absolute Gasteiger partial charge is 0.338 e. The number of ether oxygens (including phenoxy) is 1. The molecule has 0 aliphatic carbocycles. The molecule has 0 unspecified atom stereocenters. The molecule has 1 aromatic rings. The fourth-order valence-corrected chi connectivity index (χ4v) is 2.17. The molecule has 0 amide bonds. The Morgan fingerprint density at radius 1 is 1.40 bits per heavy atom. The number of rotatable bonds is 5. The van der Waals surface area contributed by atoms with E-state index in [2.05, 4.69) is 0 Å². The van der Waals surface area contributed by atoms with Crippen LogP contribution in [0.4, 0.5) is 10.1 Å². The van der Waals surface area contributed by atoms with Gasteiger partial charge >= 0.3 is 5.97 Å². The monoisotopic (exact) mass is 303 g/mol. The molecule has 5 nitrogen and oxygen atoms in total. The van der Waals surface area contributed by atoms with Crippen LogP contribution in [0.25, 0.3) is 0 Å². The summed E-state index contributed by atoms with van der Waals surface area (Å²) in [6.07, 6.45) is 0. The van der Waals surface area contributed by atoms with Crippen LogP contribution in [-0.2, 0) is 14.6 Å². The van der Waals surface area contributed by atoms with E-state index in [1.165, 1.54) is 13.0 Å². The third-order valence-electron chi connectivity index (χ3n) is 2.94. The second-order valence-electron chi connectivity index (χ2n) is 4.72. The van der Waals surface area contributed by atoms with Crippen molar-refractivity contribution in [3.8, 4) is 0 Å². The predicted octanol–water partition coefficient (Wildman–Crippen LogP) is 1.70. The minimum Gasteiger partial charge on any atom is -0.461 e. The molecule has 20 heavy (non-hydrogen) atoms. The molecule has 0 bridgehead atoms. The number of benzene rings is 1. The van der Waals surface area contributed by atoms with E-state index in [0.29, 0.717) is 0 Å². The summed E-state index contributed by atoms with van der Waals surface area (Å²) in [4.78, 5) is 11.7. The zero-order valence-electron chi connectivity index (χ0n) is 11.6. The third kappa shape index (κ3) is 3.93. The van der Waals surface area contributed by atoms with Crippen LogP contribution < -0.4 is 5.73 Å². The molecule has 7 heteroatoms. The van der Waals surface area contributed by atoms with Crippen molar-refractivity contribution in [1.29, 1.82) is 0 Å². The van der Waals surface area contributed by atoms with Crippen LogP contribution in [0.1, 0.15) is 29.8 Å². The molecule has 0 aliphatic rings. The van der Waals surface area contributed by atoms with E-state index in [1.807, 2.05) is 0 Å². The Morgan fingerprint density at radius 3 is 2.50 bits per heavy atom. The van der Waals surface area contributed by atoms with Crippen molar-refractivity contribution in [2.24, 2.45) is 0 Å². The van der Waals surface area contributed by atoms with Gasteiger partial charge in [-0.05, 0) is 32.9 Å². The Kier molecular flexibility index (Phi) is 5.10. The van der Waals surface area contributed by atoms with Crippen molar-refractivity contribution in [1.82, 2.24) is 0 Å². The highest BCUT2D eigenvalue weighted by Crippen LogP contribution is 2.18. The van der Waals surface area contributed by atoms with Gasteiger partial charge in [0.2, 0.25) is 0 Å². The van der Waals surface area contributed by atoms with Crippen LogP contribution in [0.2, 0.25) is 0 Å². The van der Waals surface area contributed by atoms with Crippen LogP contribution in [0, 0.1) is 12.7 Å². The van der Waals surface area contributed by atoms with Gasteiger partial charge in [-0.1, -0.05) is 0 Å². The fraction of sp³-hybridized carbons (Fsp3) is 0.462. The van der Waals surface area contributed by atoms with Gasteiger partial charge in [0, 0.05) is 11.3 Å². The molecule has 112 valence electrons. The largest absolute Gasteiger partial charge is 0.461 e. The molecule has 0 saturated carbocycles. The van der Waals surface area contributed by atoms with Gasteiger partial charge in [0.25, 0.3) is 0 Å². The summed E-state index contributed by atoms with van der Waals surface area (Å²) < 4.78 is 41.3. The first-order valence-electron chi connectivity index (χ1n) is 6.09. The van der Waals surface area contributed by atoms with Crippen LogP contribution in [0.5, 0.6) is 0 Å². The lowest BCUT2D eigenvalue weighted by molar-refractivity contribution is 0.0528. The van der Waals surface area contributed by atoms with Gasteiger partial charge in [-0.2, -0.15) is 0 Å². The number of carbonyl (C=O) groups excluding carboxylic acids is 1. The summed E-state index contributed by atoms with van der Waals surface area (Å²) >= 11 is 0. The maximum Gasteiger partial charge on any atom is 0.338 e. The van der Waals surface area contributed by atoms with E-state index in [4.69, 9.17) is 10.5 Å². The van der Waals surface area contributed by atoms with Crippen LogP contribution in [-0.4, -0.2) is 32.0 Å². The Labute approximate surface area is 117 Å². The number of carbonyl (C=O) groups is 1. The molecule has 0 saturated heterocycles. The lowest BCUT2D eigenvalue weighted by Gasteiger charge is -2.09. The van der Waals surface area contributed by atoms with Crippen molar-refractivity contribution in [2.45, 2.75) is 26.0 Å². The molecule has 0 atom stereocenters. The first-order chi connectivity index (χ1) is 9.15. The number of hydrogen-bond acceptors (Lipinski definition) is 5. The molecule has 0 aliphatic heterocycles. The van der Waals surface area contributed by atoms with Crippen molar-refractivity contribution in [3.05, 3.63) is 29.1 Å². The first kappa shape index (κ1) is 16.4. The molecular weight excluding hydrogens is 285 g/mol. The molecule has 1 rings (SSSR count).